The standard InChI is InChI=1S/C23H22ClN3O4S/c1-25-22(28)17-11-9-16(10-12-17)15-26-23(29)18-5-3-8-21(13-18)32(30,31)27(2)20-7-4-6-19(24)14-20/h3-14H,15H2,1-2H3,(H,25,28)(H,26,29). The third-order valence-corrected chi connectivity index (χ3v) is 6.84. The molecule has 3 aromatic rings. The quantitative estimate of drug-likeness (QED) is 0.551. The Kier molecular flexibility index (Phi) is 7.17. The first-order chi connectivity index (χ1) is 15.2. The third kappa shape index (κ3) is 5.27. The van der Waals surface area contributed by atoms with Crippen LogP contribution in [0.5, 0.6) is 0 Å². The van der Waals surface area contributed by atoms with Gasteiger partial charge >= 0.3 is 0 Å². The number of nitrogens with zero attached hydrogens (tertiary/aromatic N) is 1. The fraction of sp³-hybridized carbons (Fsp3) is 0.130. The largest absolute Gasteiger partial charge is 0.355 e. The molecule has 0 aromatic heterocycles. The molecule has 0 saturated heterocycles. The molecule has 0 aliphatic carbocycles. The zero-order chi connectivity index (χ0) is 23.3. The SMILES string of the molecule is CNC(=O)c1ccc(CNC(=O)c2cccc(S(=O)(=O)N(C)c3cccc(Cl)c3)c2)cc1. The summed E-state index contributed by atoms with van der Waals surface area (Å²) >= 11 is 5.97. The number of hydrogen-bond donors (Lipinski definition) is 2. The van der Waals surface area contributed by atoms with E-state index in [-0.39, 0.29) is 22.9 Å². The van der Waals surface area contributed by atoms with Gasteiger partial charge in [0.25, 0.3) is 21.8 Å². The van der Waals surface area contributed by atoms with Crippen molar-refractivity contribution in [2.24, 2.45) is 0 Å². The van der Waals surface area contributed by atoms with Crippen molar-refractivity contribution in [1.29, 1.82) is 0 Å². The van der Waals surface area contributed by atoms with Gasteiger partial charge < -0.3 is 10.6 Å². The molecular formula is C23H22ClN3O4S. The van der Waals surface area contributed by atoms with Gasteiger partial charge in [-0.1, -0.05) is 35.9 Å². The zero-order valence-corrected chi connectivity index (χ0v) is 19.1. The molecule has 2 N–H and O–H groups in total. The normalized spacial score (nSPS) is 11.0. The molecule has 0 aliphatic rings. The van der Waals surface area contributed by atoms with Crippen LogP contribution in [0.3, 0.4) is 0 Å². The van der Waals surface area contributed by atoms with Crippen LogP contribution in [0.25, 0.3) is 0 Å². The number of benzene rings is 3. The lowest BCUT2D eigenvalue weighted by molar-refractivity contribution is 0.0946. The molecule has 0 unspecified atom stereocenters. The summed E-state index contributed by atoms with van der Waals surface area (Å²) in [6, 6.07) is 19.1. The molecule has 0 aliphatic heterocycles. The molecule has 9 heteroatoms. The molecular weight excluding hydrogens is 450 g/mol. The summed E-state index contributed by atoms with van der Waals surface area (Å²) in [6.45, 7) is 0.228. The van der Waals surface area contributed by atoms with Crippen molar-refractivity contribution in [1.82, 2.24) is 10.6 Å². The van der Waals surface area contributed by atoms with Gasteiger partial charge in [-0.3, -0.25) is 13.9 Å². The topological polar surface area (TPSA) is 95.6 Å². The maximum absolute atomic E-state index is 13.0. The van der Waals surface area contributed by atoms with Crippen molar-refractivity contribution in [3.63, 3.8) is 0 Å². The number of carbonyl (C=O) groups excluding carboxylic acids is 2. The Morgan fingerprint density at radius 2 is 1.59 bits per heavy atom. The summed E-state index contributed by atoms with van der Waals surface area (Å²) in [5.41, 5.74) is 1.94. The van der Waals surface area contributed by atoms with Crippen molar-refractivity contribution in [2.45, 2.75) is 11.4 Å². The van der Waals surface area contributed by atoms with Crippen LogP contribution in [0.4, 0.5) is 5.69 Å². The van der Waals surface area contributed by atoms with Gasteiger partial charge in [0.05, 0.1) is 10.6 Å². The lowest BCUT2D eigenvalue weighted by atomic mass is 10.1. The van der Waals surface area contributed by atoms with Crippen LogP contribution in [0.15, 0.2) is 77.7 Å². The van der Waals surface area contributed by atoms with E-state index in [2.05, 4.69) is 10.6 Å². The highest BCUT2D eigenvalue weighted by atomic mass is 35.5. The molecule has 166 valence electrons. The molecule has 32 heavy (non-hydrogen) atoms. The molecule has 0 heterocycles. The van der Waals surface area contributed by atoms with Crippen LogP contribution in [0.1, 0.15) is 26.3 Å². The molecule has 3 aromatic carbocycles. The molecule has 2 amide bonds. The molecule has 3 rings (SSSR count). The van der Waals surface area contributed by atoms with Gasteiger partial charge in [-0.15, -0.1) is 0 Å². The fourth-order valence-electron chi connectivity index (χ4n) is 2.97. The molecule has 0 atom stereocenters. The third-order valence-electron chi connectivity index (χ3n) is 4.82. The first-order valence-corrected chi connectivity index (χ1v) is 11.5. The van der Waals surface area contributed by atoms with E-state index in [9.17, 15) is 18.0 Å². The number of halogens is 1. The number of rotatable bonds is 7. The van der Waals surface area contributed by atoms with Gasteiger partial charge in [-0.25, -0.2) is 8.42 Å². The van der Waals surface area contributed by atoms with E-state index in [1.165, 1.54) is 25.2 Å². The predicted molar refractivity (Wildman–Crippen MR) is 124 cm³/mol. The summed E-state index contributed by atoms with van der Waals surface area (Å²) in [4.78, 5) is 24.2. The maximum atomic E-state index is 13.0. The van der Waals surface area contributed by atoms with Crippen LogP contribution in [0, 0.1) is 0 Å². The second-order valence-electron chi connectivity index (χ2n) is 6.94. The van der Waals surface area contributed by atoms with E-state index in [0.29, 0.717) is 16.3 Å². The van der Waals surface area contributed by atoms with Gasteiger partial charge in [-0.05, 0) is 54.1 Å². The summed E-state index contributed by atoms with van der Waals surface area (Å²) in [5, 5.41) is 5.72. The van der Waals surface area contributed by atoms with Crippen molar-refractivity contribution >= 4 is 39.1 Å². The molecule has 0 spiro atoms. The van der Waals surface area contributed by atoms with Crippen LogP contribution in [0.2, 0.25) is 5.02 Å². The number of nitrogens with one attached hydrogen (secondary N) is 2. The maximum Gasteiger partial charge on any atom is 0.264 e. The minimum atomic E-state index is -3.89. The summed E-state index contributed by atoms with van der Waals surface area (Å²) < 4.78 is 27.2. The zero-order valence-electron chi connectivity index (χ0n) is 17.5. The number of amides is 2. The molecule has 0 radical (unpaired) electrons. The molecule has 7 nitrogen and oxygen atoms in total. The van der Waals surface area contributed by atoms with Crippen LogP contribution in [-0.2, 0) is 16.6 Å². The average molecular weight is 472 g/mol. The second kappa shape index (κ2) is 9.84. The van der Waals surface area contributed by atoms with E-state index in [0.717, 1.165) is 9.87 Å². The minimum absolute atomic E-state index is 0.0115. The summed E-state index contributed by atoms with van der Waals surface area (Å²) in [6.07, 6.45) is 0. The molecule has 0 saturated carbocycles. The van der Waals surface area contributed by atoms with E-state index < -0.39 is 15.9 Å². The smallest absolute Gasteiger partial charge is 0.264 e. The van der Waals surface area contributed by atoms with Crippen molar-refractivity contribution < 1.29 is 18.0 Å². The van der Waals surface area contributed by atoms with Gasteiger partial charge in [0.15, 0.2) is 0 Å². The molecule has 0 bridgehead atoms. The predicted octanol–water partition coefficient (Wildman–Crippen LogP) is 3.45. The Hall–Kier alpha value is -3.36. The van der Waals surface area contributed by atoms with Crippen LogP contribution >= 0.6 is 11.6 Å². The summed E-state index contributed by atoms with van der Waals surface area (Å²) in [5.74, 6) is -0.607. The van der Waals surface area contributed by atoms with E-state index in [4.69, 9.17) is 11.6 Å². The number of anilines is 1. The first kappa shape index (κ1) is 23.3. The Labute approximate surface area is 192 Å². The van der Waals surface area contributed by atoms with Crippen molar-refractivity contribution in [2.75, 3.05) is 18.4 Å². The average Bonchev–Trinajstić information content (AvgIpc) is 2.81. The Bertz CT molecular complexity index is 1240. The highest BCUT2D eigenvalue weighted by Crippen LogP contribution is 2.25. The van der Waals surface area contributed by atoms with E-state index in [1.807, 2.05) is 0 Å². The Balaban J connectivity index is 1.73. The number of carbonyl (C=O) groups is 2. The van der Waals surface area contributed by atoms with E-state index >= 15 is 0 Å². The highest BCUT2D eigenvalue weighted by Gasteiger charge is 2.22. The number of sulfonamides is 1. The van der Waals surface area contributed by atoms with Crippen molar-refractivity contribution in [3.8, 4) is 0 Å². The van der Waals surface area contributed by atoms with Crippen molar-refractivity contribution in [3.05, 3.63) is 94.5 Å². The first-order valence-electron chi connectivity index (χ1n) is 9.66. The van der Waals surface area contributed by atoms with E-state index in [1.54, 1.807) is 61.6 Å². The lowest BCUT2D eigenvalue weighted by Gasteiger charge is -2.20. The highest BCUT2D eigenvalue weighted by molar-refractivity contribution is 7.92. The summed E-state index contributed by atoms with van der Waals surface area (Å²) in [7, 11) is -0.911. The molecule has 0 fully saturated rings. The second-order valence-corrected chi connectivity index (χ2v) is 9.34. The van der Waals surface area contributed by atoms with Crippen LogP contribution < -0.4 is 14.9 Å². The van der Waals surface area contributed by atoms with Gasteiger partial charge in [0, 0.05) is 36.8 Å². The van der Waals surface area contributed by atoms with Gasteiger partial charge in [0.1, 0.15) is 0 Å². The Morgan fingerprint density at radius 1 is 0.906 bits per heavy atom. The van der Waals surface area contributed by atoms with Gasteiger partial charge in [-0.2, -0.15) is 0 Å². The fourth-order valence-corrected chi connectivity index (χ4v) is 4.39. The Morgan fingerprint density at radius 3 is 2.25 bits per heavy atom. The lowest BCUT2D eigenvalue weighted by Crippen LogP contribution is -2.27. The minimum Gasteiger partial charge on any atom is -0.355 e. The van der Waals surface area contributed by atoms with Crippen LogP contribution in [-0.4, -0.2) is 34.3 Å². The monoisotopic (exact) mass is 471 g/mol. The van der Waals surface area contributed by atoms with Gasteiger partial charge in [0.2, 0.25) is 0 Å². The number of hydrogen-bond acceptors (Lipinski definition) is 4.